The fourth-order valence-electron chi connectivity index (χ4n) is 46.5. The zero-order valence-corrected chi connectivity index (χ0v) is 95.5. The maximum atomic E-state index is 12.4. The first-order valence-corrected chi connectivity index (χ1v) is 62.8. The number of hydrogen-bond acceptors (Lipinski definition) is 11. The van der Waals surface area contributed by atoms with E-state index in [1.807, 2.05) is 0 Å². The number of aliphatic hydroxyl groups excluding tert-OH is 1. The molecule has 0 aromatic carbocycles. The van der Waals surface area contributed by atoms with E-state index in [2.05, 4.69) is 183 Å². The molecule has 0 saturated heterocycles. The molecule has 15 nitrogen and oxygen atoms in total. The van der Waals surface area contributed by atoms with E-state index < -0.39 is 21.4 Å². The fourth-order valence-corrected chi connectivity index (χ4v) is 48.0. The average molecular weight is 2010 g/mol. The van der Waals surface area contributed by atoms with Crippen LogP contribution in [-0.4, -0.2) is 71.1 Å². The van der Waals surface area contributed by atoms with Gasteiger partial charge in [-0.05, 0) is 526 Å². The summed E-state index contributed by atoms with van der Waals surface area (Å²) in [6, 6.07) is 7.79. The van der Waals surface area contributed by atoms with Gasteiger partial charge >= 0.3 is 5.97 Å². The molecule has 28 aliphatic rings. The van der Waals surface area contributed by atoms with Crippen molar-refractivity contribution in [2.24, 2.45) is 383 Å². The monoisotopic (exact) mass is 2010 g/mol. The van der Waals surface area contributed by atoms with Crippen LogP contribution in [0.15, 0.2) is 0 Å². The number of hydrogen-bond donors (Lipinski definition) is 5. The molecule has 143 heavy (non-hydrogen) atoms. The number of amides is 3. The van der Waals surface area contributed by atoms with E-state index in [4.69, 9.17) is 42.7 Å². The SMILES string of the molecule is CC(=O)OC1CC2CC1C(C)C2C.CC1C(C)C2CC1C1C3CC(C#N)C(C3)C21.CC1C(C)C2CC1C1C3CC(C21)C(C)(C#N)C3.CC1C(C)C2CC1C1C3CC(Cl)C(C3)C21.CC1C(C)C2CC1C1C3CCC(C3)C21.CC1C2CC(C(=O)NC(C)(C)CS(=O)(=O)O)C(C2)C1C.CC1C2CC(C(N)=O)C(C2)C1C.CC1C2CC(C1C)C(C)(C#N)C2.CC1C2CC(C1C)C(C)(C(N)=O)C2.CC1C2CC(CO)C(C2)C1C. The van der Waals surface area contributed by atoms with Crippen molar-refractivity contribution in [2.75, 3.05) is 12.4 Å². The van der Waals surface area contributed by atoms with Gasteiger partial charge in [-0.15, -0.1) is 11.6 Å². The highest BCUT2D eigenvalue weighted by Gasteiger charge is 2.72. The molecule has 0 aliphatic heterocycles. The number of carbonyl (C=O) groups excluding carboxylic acids is 4. The Morgan fingerprint density at radius 3 is 1.15 bits per heavy atom. The van der Waals surface area contributed by atoms with Crippen molar-refractivity contribution in [1.82, 2.24) is 5.32 Å². The third-order valence-electron chi connectivity index (χ3n) is 55.3. The van der Waals surface area contributed by atoms with Gasteiger partial charge in [0.25, 0.3) is 10.1 Å². The number of nitrogens with zero attached hydrogens (tertiary/aromatic N) is 3. The van der Waals surface area contributed by atoms with Crippen LogP contribution in [-0.2, 0) is 34.0 Å². The number of nitrogens with one attached hydrogen (secondary N) is 1. The van der Waals surface area contributed by atoms with E-state index in [-0.39, 0.29) is 57.9 Å². The van der Waals surface area contributed by atoms with Gasteiger partial charge in [0, 0.05) is 42.1 Å². The van der Waals surface area contributed by atoms with Crippen molar-refractivity contribution in [3.63, 3.8) is 0 Å². The molecule has 3 amide bonds. The lowest BCUT2D eigenvalue weighted by atomic mass is 9.58. The highest BCUT2D eigenvalue weighted by molar-refractivity contribution is 7.85. The minimum atomic E-state index is -4.10. The predicted molar refractivity (Wildman–Crippen MR) is 569 cm³/mol. The molecule has 28 saturated carbocycles. The van der Waals surface area contributed by atoms with Gasteiger partial charge in [0.2, 0.25) is 17.7 Å². The number of aliphatic hydroxyl groups is 1. The lowest BCUT2D eigenvalue weighted by Crippen LogP contribution is -2.51. The molecule has 28 aliphatic carbocycles. The van der Waals surface area contributed by atoms with Gasteiger partial charge < -0.3 is 26.6 Å². The number of fused-ring (bicyclic) bond motifs is 48. The molecule has 0 heterocycles. The zero-order valence-electron chi connectivity index (χ0n) is 93.9. The number of esters is 1. The first-order chi connectivity index (χ1) is 67.2. The summed E-state index contributed by atoms with van der Waals surface area (Å²) in [4.78, 5) is 45.7. The van der Waals surface area contributed by atoms with Crippen LogP contribution in [0, 0.1) is 405 Å². The van der Waals surface area contributed by atoms with E-state index in [0.29, 0.717) is 83.0 Å². The van der Waals surface area contributed by atoms with Crippen molar-refractivity contribution in [2.45, 2.75) is 358 Å². The van der Waals surface area contributed by atoms with Crippen LogP contribution in [0.4, 0.5) is 0 Å². The van der Waals surface area contributed by atoms with Gasteiger partial charge in [0.05, 0.1) is 40.3 Å². The number of primary amides is 2. The van der Waals surface area contributed by atoms with E-state index >= 15 is 0 Å². The Morgan fingerprint density at radius 1 is 0.378 bits per heavy atom. The second-order valence-electron chi connectivity index (χ2n) is 60.1. The number of rotatable bonds is 8. The van der Waals surface area contributed by atoms with E-state index in [1.165, 1.54) is 120 Å². The number of ether oxygens (including phenoxy) is 1. The minimum Gasteiger partial charge on any atom is -0.462 e. The molecular weight excluding hydrogens is 1810 g/mol. The number of carbonyl (C=O) groups is 4. The van der Waals surface area contributed by atoms with Crippen molar-refractivity contribution < 1.29 is 42.0 Å². The summed E-state index contributed by atoms with van der Waals surface area (Å²) in [5.74, 6) is 50.5. The zero-order chi connectivity index (χ0) is 103. The summed E-state index contributed by atoms with van der Waals surface area (Å²) < 4.78 is 36.2. The topological polar surface area (TPSA) is 288 Å². The Balaban J connectivity index is 0.000000101. The first kappa shape index (κ1) is 108. The van der Waals surface area contributed by atoms with Crippen LogP contribution in [0.2, 0.25) is 0 Å². The number of nitriles is 3. The molecule has 28 bridgehead atoms. The van der Waals surface area contributed by atoms with Crippen LogP contribution < -0.4 is 16.8 Å². The van der Waals surface area contributed by atoms with Crippen LogP contribution in [0.5, 0.6) is 0 Å². The summed E-state index contributed by atoms with van der Waals surface area (Å²) >= 11 is 6.50. The summed E-state index contributed by atoms with van der Waals surface area (Å²) in [7, 11) is -4.10. The summed E-state index contributed by atoms with van der Waals surface area (Å²) in [6.07, 6.45) is 33.4. The standard InChI is InChI=1S/C16H23N.C15H21N.C14H21Cl.C14H25NO4S.C14H22.C11H19NO.C11H17N.C11H18O2.C10H17NO.C10H18O/c1-8-9(2)12-5-11(8)14-10-4-13(15(12)14)16(3,6-10)7-17;1-7-8(2)12-5-11(7)14-9-3-10(6-16)13(4-9)15(12)14;1-6-7(2)10-5-9(6)13-8-3-11(14(10)13)12(15)4-8;1-8-9(2)11-5-10(8)6-12(11)13(16)15-14(3,4)7-20(17,18)19;1-7-8(2)12-6-11(7)13-9-3-4-10(5-9)14(12)13;1-6-7(2)9-4-8(6)5-11(9,3)10(12)13;1-7-8(2)10-4-9(7)5-11(10,3)6-12;1-6-7(2)10-4-9(6)5-11(10)13-8(3)12;1-5-6(2)8-3-7(5)4-9(8)10(11)12;1-6-7(2)10-4-8(6)3-9(10)5-11/h8-15H,4-6H2,1-3H3;7-15H,3-5H2,1-2H3;6-14H,3-5H2,1-2H3;8-12H,5-7H2,1-4H3,(H,15,16)(H,17,18,19);7-14H,3-6H2,1-2H3;6-9H,4-5H2,1-3H3,(H2,12,13);7-10H,4-5H2,1-3H3;6-7,9-11H,4-5H2,1-3H3;5-9H,3-4H2,1-2H3,(H2,11,12);6-11H,3-5H2,1-2H3. The summed E-state index contributed by atoms with van der Waals surface area (Å²) in [5.41, 5.74) is 9.74. The van der Waals surface area contributed by atoms with E-state index in [9.17, 15) is 38.1 Å². The Hall–Kier alpha value is -3.49. The highest BCUT2D eigenvalue weighted by Crippen LogP contribution is 2.77. The van der Waals surface area contributed by atoms with Crippen molar-refractivity contribution in [3.8, 4) is 18.2 Å². The molecule has 28 rings (SSSR count). The maximum absolute atomic E-state index is 12.4. The third-order valence-corrected chi connectivity index (χ3v) is 56.9. The molecule has 0 radical (unpaired) electrons. The van der Waals surface area contributed by atoms with Gasteiger partial charge in [-0.1, -0.05) is 145 Å². The Labute approximate surface area is 873 Å². The maximum Gasteiger partial charge on any atom is 0.302 e. The molecular formula is C126H201ClN6O9S. The molecule has 802 valence electrons. The highest BCUT2D eigenvalue weighted by atomic mass is 35.5. The first-order valence-electron chi connectivity index (χ1n) is 60.7. The van der Waals surface area contributed by atoms with Crippen molar-refractivity contribution in [3.05, 3.63) is 0 Å². The summed E-state index contributed by atoms with van der Waals surface area (Å²) in [5, 5.41) is 40.3. The summed E-state index contributed by atoms with van der Waals surface area (Å²) in [6.45, 7) is 59.3. The van der Waals surface area contributed by atoms with Crippen molar-refractivity contribution >= 4 is 45.4 Å². The lowest BCUT2D eigenvalue weighted by molar-refractivity contribution is -0.150. The molecule has 28 fully saturated rings. The van der Waals surface area contributed by atoms with Crippen molar-refractivity contribution in [1.29, 1.82) is 15.8 Å². The quantitative estimate of drug-likeness (QED) is 0.0656. The van der Waals surface area contributed by atoms with Crippen LogP contribution in [0.3, 0.4) is 0 Å². The minimum absolute atomic E-state index is 0.00753. The van der Waals surface area contributed by atoms with Gasteiger partial charge in [-0.2, -0.15) is 24.2 Å². The molecule has 65 unspecified atom stereocenters. The molecule has 0 spiro atoms. The average Bonchev–Trinajstić information content (AvgIpc) is 1.53. The smallest absolute Gasteiger partial charge is 0.302 e. The molecule has 65 atom stereocenters. The number of nitrogens with two attached hydrogens (primary N) is 2. The second kappa shape index (κ2) is 39.8. The lowest BCUT2D eigenvalue weighted by Gasteiger charge is -2.45. The van der Waals surface area contributed by atoms with E-state index in [0.717, 1.165) is 287 Å². The third kappa shape index (κ3) is 18.1. The molecule has 0 aromatic rings. The predicted octanol–water partition coefficient (Wildman–Crippen LogP) is 26.2. The fraction of sp³-hybridized carbons (Fsp3) is 0.944. The number of halogens is 1. The Bertz CT molecular complexity index is 4840. The van der Waals surface area contributed by atoms with Gasteiger partial charge in [-0.3, -0.25) is 23.7 Å². The van der Waals surface area contributed by atoms with Gasteiger partial charge in [0.1, 0.15) is 6.10 Å². The normalized spacial score (nSPS) is 57.3. The Kier molecular flexibility index (Phi) is 30.0. The number of alkyl halides is 1. The second-order valence-corrected chi connectivity index (χ2v) is 62.1. The molecule has 7 N–H and O–H groups in total. The molecule has 17 heteroatoms. The molecule has 0 aromatic heterocycles. The van der Waals surface area contributed by atoms with Gasteiger partial charge in [0.15, 0.2) is 0 Å². The van der Waals surface area contributed by atoms with Gasteiger partial charge in [-0.25, -0.2) is 0 Å². The van der Waals surface area contributed by atoms with Crippen LogP contribution in [0.25, 0.3) is 0 Å². The van der Waals surface area contributed by atoms with E-state index in [1.54, 1.807) is 46.0 Å². The Morgan fingerprint density at radius 2 is 0.741 bits per heavy atom. The largest absolute Gasteiger partial charge is 0.462 e. The van der Waals surface area contributed by atoms with Crippen LogP contribution >= 0.6 is 11.6 Å². The van der Waals surface area contributed by atoms with Crippen LogP contribution in [0.1, 0.15) is 341 Å².